The third-order valence-electron chi connectivity index (χ3n) is 4.38. The van der Waals surface area contributed by atoms with E-state index >= 15 is 0 Å². The molecule has 0 aromatic carbocycles. The smallest absolute Gasteiger partial charge is 0.317 e. The van der Waals surface area contributed by atoms with E-state index in [2.05, 4.69) is 25.0 Å². The Morgan fingerprint density at radius 2 is 1.96 bits per heavy atom. The van der Waals surface area contributed by atoms with Crippen LogP contribution in [-0.2, 0) is 10.0 Å². The molecule has 0 unspecified atom stereocenters. The zero-order chi connectivity index (χ0) is 17.4. The Kier molecular flexibility index (Phi) is 4.28. The summed E-state index contributed by atoms with van der Waals surface area (Å²) in [4.78, 5) is 31.2. The topological polar surface area (TPSA) is 137 Å². The van der Waals surface area contributed by atoms with Crippen LogP contribution in [0.25, 0.3) is 11.0 Å². The zero-order valence-electron chi connectivity index (χ0n) is 13.2. The van der Waals surface area contributed by atoms with Crippen molar-refractivity contribution in [3.8, 4) is 0 Å². The van der Waals surface area contributed by atoms with Crippen molar-refractivity contribution >= 4 is 21.1 Å². The van der Waals surface area contributed by atoms with Crippen LogP contribution in [0.4, 0.5) is 0 Å². The lowest BCUT2D eigenvalue weighted by atomic mass is 9.81. The van der Waals surface area contributed by atoms with E-state index in [1.807, 2.05) is 6.92 Å². The van der Waals surface area contributed by atoms with Gasteiger partial charge < -0.3 is 5.32 Å². The van der Waals surface area contributed by atoms with Gasteiger partial charge in [-0.2, -0.15) is 0 Å². The minimum absolute atomic E-state index is 0.0190. The first-order chi connectivity index (χ1) is 11.3. The molecule has 0 spiro atoms. The van der Waals surface area contributed by atoms with Gasteiger partial charge in [0.15, 0.2) is 0 Å². The largest absolute Gasteiger partial charge is 0.327 e. The number of sulfonamides is 1. The van der Waals surface area contributed by atoms with Gasteiger partial charge in [0.25, 0.3) is 5.56 Å². The summed E-state index contributed by atoms with van der Waals surface area (Å²) < 4.78 is 27.6. The van der Waals surface area contributed by atoms with Gasteiger partial charge in [0, 0.05) is 12.7 Å². The number of nitrogens with zero attached hydrogens (tertiary/aromatic N) is 1. The first-order valence-electron chi connectivity index (χ1n) is 7.62. The van der Waals surface area contributed by atoms with Gasteiger partial charge in [-0.15, -0.1) is 0 Å². The number of aromatic amines is 2. The lowest BCUT2D eigenvalue weighted by Gasteiger charge is -2.34. The summed E-state index contributed by atoms with van der Waals surface area (Å²) in [6.07, 6.45) is 2.89. The standard InChI is InChI=1S/C14H19N5O4S/c1-14(2-4-15-5-3-14)8-17-24(22,23)9-6-10-11(16-7-9)18-13(21)19-12(10)20/h6-7,15,17H,2-5,8H2,1H3,(H2,16,18,19,20,21). The van der Waals surface area contributed by atoms with Crippen molar-refractivity contribution in [2.24, 2.45) is 5.41 Å². The van der Waals surface area contributed by atoms with Gasteiger partial charge in [-0.25, -0.2) is 22.9 Å². The van der Waals surface area contributed by atoms with E-state index in [9.17, 15) is 18.0 Å². The van der Waals surface area contributed by atoms with Gasteiger partial charge in [0.05, 0.1) is 5.39 Å². The first-order valence-corrected chi connectivity index (χ1v) is 9.10. The molecule has 4 N–H and O–H groups in total. The summed E-state index contributed by atoms with van der Waals surface area (Å²) in [5.74, 6) is 0. The van der Waals surface area contributed by atoms with Crippen molar-refractivity contribution in [1.82, 2.24) is 25.0 Å². The van der Waals surface area contributed by atoms with Crippen molar-refractivity contribution in [2.45, 2.75) is 24.7 Å². The van der Waals surface area contributed by atoms with Crippen molar-refractivity contribution in [3.05, 3.63) is 33.1 Å². The molecule has 0 saturated carbocycles. The zero-order valence-corrected chi connectivity index (χ0v) is 14.0. The van der Waals surface area contributed by atoms with Crippen LogP contribution >= 0.6 is 0 Å². The number of rotatable bonds is 4. The van der Waals surface area contributed by atoms with E-state index in [0.717, 1.165) is 32.1 Å². The average molecular weight is 353 g/mol. The lowest BCUT2D eigenvalue weighted by molar-refractivity contribution is 0.232. The van der Waals surface area contributed by atoms with Crippen LogP contribution in [0.5, 0.6) is 0 Å². The molecule has 0 bridgehead atoms. The molecule has 0 aliphatic carbocycles. The molecule has 1 saturated heterocycles. The van der Waals surface area contributed by atoms with Crippen LogP contribution in [0.15, 0.2) is 26.7 Å². The number of hydrogen-bond acceptors (Lipinski definition) is 6. The van der Waals surface area contributed by atoms with Crippen LogP contribution in [0.2, 0.25) is 0 Å². The van der Waals surface area contributed by atoms with E-state index in [1.54, 1.807) is 0 Å². The maximum atomic E-state index is 12.5. The summed E-state index contributed by atoms with van der Waals surface area (Å²) in [5.41, 5.74) is -1.42. The highest BCUT2D eigenvalue weighted by Gasteiger charge is 2.29. The second-order valence-electron chi connectivity index (χ2n) is 6.36. The van der Waals surface area contributed by atoms with Gasteiger partial charge in [-0.05, 0) is 37.4 Å². The number of pyridine rings is 1. The molecule has 9 nitrogen and oxygen atoms in total. The van der Waals surface area contributed by atoms with E-state index < -0.39 is 21.3 Å². The second-order valence-corrected chi connectivity index (χ2v) is 8.13. The Morgan fingerprint density at radius 3 is 2.67 bits per heavy atom. The van der Waals surface area contributed by atoms with Crippen molar-refractivity contribution < 1.29 is 8.42 Å². The Morgan fingerprint density at radius 1 is 1.25 bits per heavy atom. The number of hydrogen-bond donors (Lipinski definition) is 4. The highest BCUT2D eigenvalue weighted by molar-refractivity contribution is 7.89. The molecule has 1 aliphatic heterocycles. The van der Waals surface area contributed by atoms with E-state index in [4.69, 9.17) is 0 Å². The fraction of sp³-hybridized carbons (Fsp3) is 0.500. The molecule has 1 aliphatic rings. The molecule has 10 heteroatoms. The minimum Gasteiger partial charge on any atom is -0.317 e. The Hall–Kier alpha value is -2.04. The summed E-state index contributed by atoms with van der Waals surface area (Å²) in [7, 11) is -3.79. The van der Waals surface area contributed by atoms with E-state index in [1.165, 1.54) is 6.07 Å². The SMILES string of the molecule is CC1(CNS(=O)(=O)c2cnc3[nH]c(=O)[nH]c(=O)c3c2)CCNCC1. The molecule has 3 rings (SSSR count). The van der Waals surface area contributed by atoms with Crippen LogP contribution in [0, 0.1) is 5.41 Å². The molecule has 130 valence electrons. The molecule has 0 atom stereocenters. The maximum absolute atomic E-state index is 12.5. The summed E-state index contributed by atoms with van der Waals surface area (Å²) in [6.45, 7) is 4.08. The van der Waals surface area contributed by atoms with Crippen molar-refractivity contribution in [3.63, 3.8) is 0 Å². The second kappa shape index (κ2) is 6.11. The maximum Gasteiger partial charge on any atom is 0.327 e. The minimum atomic E-state index is -3.79. The lowest BCUT2D eigenvalue weighted by Crippen LogP contribution is -2.42. The van der Waals surface area contributed by atoms with Crippen LogP contribution in [0.1, 0.15) is 19.8 Å². The van der Waals surface area contributed by atoms with Gasteiger partial charge in [0.2, 0.25) is 10.0 Å². The molecular weight excluding hydrogens is 334 g/mol. The number of piperidine rings is 1. The first kappa shape index (κ1) is 16.8. The van der Waals surface area contributed by atoms with Gasteiger partial charge in [0.1, 0.15) is 10.5 Å². The normalized spacial score (nSPS) is 17.9. The Balaban J connectivity index is 1.88. The van der Waals surface area contributed by atoms with Gasteiger partial charge >= 0.3 is 5.69 Å². The summed E-state index contributed by atoms with van der Waals surface area (Å²) in [6, 6.07) is 1.21. The number of aromatic nitrogens is 3. The van der Waals surface area contributed by atoms with E-state index in [-0.39, 0.29) is 21.3 Å². The quantitative estimate of drug-likeness (QED) is 0.572. The summed E-state index contributed by atoms with van der Waals surface area (Å²) >= 11 is 0. The monoisotopic (exact) mass is 353 g/mol. The predicted octanol–water partition coefficient (Wildman–Crippen LogP) is -0.721. The third kappa shape index (κ3) is 3.40. The molecule has 2 aromatic heterocycles. The molecule has 1 fully saturated rings. The Labute approximate surface area is 138 Å². The average Bonchev–Trinajstić information content (AvgIpc) is 2.53. The number of fused-ring (bicyclic) bond motifs is 1. The van der Waals surface area contributed by atoms with Crippen molar-refractivity contribution in [2.75, 3.05) is 19.6 Å². The van der Waals surface area contributed by atoms with E-state index in [0.29, 0.717) is 6.54 Å². The highest BCUT2D eigenvalue weighted by Crippen LogP contribution is 2.27. The Bertz CT molecular complexity index is 973. The highest BCUT2D eigenvalue weighted by atomic mass is 32.2. The van der Waals surface area contributed by atoms with Crippen LogP contribution in [0.3, 0.4) is 0 Å². The van der Waals surface area contributed by atoms with Crippen LogP contribution in [-0.4, -0.2) is 43.0 Å². The number of nitrogens with one attached hydrogen (secondary N) is 4. The predicted molar refractivity (Wildman–Crippen MR) is 88.4 cm³/mol. The molecule has 0 amide bonds. The molecule has 24 heavy (non-hydrogen) atoms. The van der Waals surface area contributed by atoms with Crippen LogP contribution < -0.4 is 21.3 Å². The molecule has 2 aromatic rings. The molecular formula is C14H19N5O4S. The van der Waals surface area contributed by atoms with Crippen molar-refractivity contribution in [1.29, 1.82) is 0 Å². The third-order valence-corrected chi connectivity index (χ3v) is 5.74. The number of H-pyrrole nitrogens is 2. The summed E-state index contributed by atoms with van der Waals surface area (Å²) in [5, 5.41) is 3.26. The molecule has 3 heterocycles. The molecule has 0 radical (unpaired) electrons. The van der Waals surface area contributed by atoms with Gasteiger partial charge in [-0.3, -0.25) is 14.8 Å². The van der Waals surface area contributed by atoms with Gasteiger partial charge in [-0.1, -0.05) is 6.92 Å². The fourth-order valence-electron chi connectivity index (χ4n) is 2.73. The fourth-order valence-corrected chi connectivity index (χ4v) is 3.90.